The van der Waals surface area contributed by atoms with Gasteiger partial charge in [0.25, 0.3) is 11.8 Å². The maximum absolute atomic E-state index is 12.9. The molecular formula is C20H16ClN3O5. The van der Waals surface area contributed by atoms with Crippen molar-refractivity contribution in [3.8, 4) is 5.75 Å². The van der Waals surface area contributed by atoms with Gasteiger partial charge in [-0.3, -0.25) is 9.59 Å². The molecule has 29 heavy (non-hydrogen) atoms. The number of carbonyl (C=O) groups is 2. The molecule has 2 N–H and O–H groups in total. The molecule has 2 amide bonds. The lowest BCUT2D eigenvalue weighted by molar-refractivity contribution is -0.135. The number of primary amides is 1. The molecule has 1 aromatic carbocycles. The molecule has 0 aliphatic carbocycles. The van der Waals surface area contributed by atoms with Crippen LogP contribution in [0.4, 0.5) is 0 Å². The van der Waals surface area contributed by atoms with Crippen LogP contribution in [-0.2, 0) is 4.79 Å². The zero-order valence-corrected chi connectivity index (χ0v) is 15.8. The van der Waals surface area contributed by atoms with Crippen LogP contribution in [0.2, 0.25) is 5.02 Å². The van der Waals surface area contributed by atoms with Gasteiger partial charge in [0.15, 0.2) is 6.61 Å². The lowest BCUT2D eigenvalue weighted by atomic mass is 10.1. The van der Waals surface area contributed by atoms with Gasteiger partial charge in [-0.15, -0.1) is 0 Å². The molecular weight excluding hydrogens is 398 g/mol. The molecule has 148 valence electrons. The van der Waals surface area contributed by atoms with E-state index in [1.165, 1.54) is 23.4 Å². The van der Waals surface area contributed by atoms with Crippen LogP contribution in [0.5, 0.6) is 5.75 Å². The van der Waals surface area contributed by atoms with Gasteiger partial charge in [-0.05, 0) is 42.5 Å². The maximum atomic E-state index is 12.9. The Balaban J connectivity index is 1.55. The Labute approximate surface area is 170 Å². The van der Waals surface area contributed by atoms with E-state index in [2.05, 4.69) is 5.10 Å². The van der Waals surface area contributed by atoms with Crippen molar-refractivity contribution in [3.63, 3.8) is 0 Å². The largest absolute Gasteiger partial charge is 0.483 e. The second kappa shape index (κ2) is 7.84. The summed E-state index contributed by atoms with van der Waals surface area (Å²) >= 11 is 5.89. The molecule has 4 rings (SSSR count). The summed E-state index contributed by atoms with van der Waals surface area (Å²) in [6.45, 7) is -0.353. The van der Waals surface area contributed by atoms with Crippen LogP contribution < -0.4 is 10.5 Å². The Morgan fingerprint density at radius 1 is 1.21 bits per heavy atom. The average molecular weight is 414 g/mol. The first-order valence-corrected chi connectivity index (χ1v) is 9.09. The predicted molar refractivity (Wildman–Crippen MR) is 104 cm³/mol. The number of hydrogen-bond acceptors (Lipinski definition) is 6. The number of rotatable bonds is 6. The summed E-state index contributed by atoms with van der Waals surface area (Å²) < 4.78 is 16.4. The second-order valence-electron chi connectivity index (χ2n) is 6.29. The number of halogens is 1. The molecule has 3 aromatic rings. The third kappa shape index (κ3) is 3.88. The Kier molecular flexibility index (Phi) is 5.09. The number of hydrazone groups is 1. The monoisotopic (exact) mass is 413 g/mol. The molecule has 1 aliphatic rings. The standard InChI is InChI=1S/C20H16ClN3O5/c21-12-5-6-16(13(9-12)20(22)26)29-11-19(25)24-15(18-4-2-8-28-18)10-14(23-24)17-3-1-7-27-17/h1-9,15H,10-11H2,(H2,22,26). The molecule has 1 atom stereocenters. The van der Waals surface area contributed by atoms with Crippen LogP contribution in [0.1, 0.15) is 34.3 Å². The first-order chi connectivity index (χ1) is 14.0. The number of nitrogens with zero attached hydrogens (tertiary/aromatic N) is 2. The van der Waals surface area contributed by atoms with Crippen molar-refractivity contribution in [2.75, 3.05) is 6.61 Å². The number of amides is 2. The van der Waals surface area contributed by atoms with E-state index in [0.29, 0.717) is 28.7 Å². The van der Waals surface area contributed by atoms with Crippen molar-refractivity contribution in [1.29, 1.82) is 0 Å². The van der Waals surface area contributed by atoms with Crippen molar-refractivity contribution in [2.24, 2.45) is 10.8 Å². The highest BCUT2D eigenvalue weighted by Gasteiger charge is 2.36. The van der Waals surface area contributed by atoms with Crippen molar-refractivity contribution in [3.05, 3.63) is 77.1 Å². The summed E-state index contributed by atoms with van der Waals surface area (Å²) in [5.41, 5.74) is 6.06. The summed E-state index contributed by atoms with van der Waals surface area (Å²) in [6, 6.07) is 11.0. The molecule has 8 nitrogen and oxygen atoms in total. The number of ether oxygens (including phenoxy) is 1. The average Bonchev–Trinajstić information content (AvgIpc) is 3.47. The first-order valence-electron chi connectivity index (χ1n) is 8.72. The summed E-state index contributed by atoms with van der Waals surface area (Å²) in [7, 11) is 0. The highest BCUT2D eigenvalue weighted by Crippen LogP contribution is 2.33. The van der Waals surface area contributed by atoms with Gasteiger partial charge in [0.05, 0.1) is 18.1 Å². The van der Waals surface area contributed by atoms with Crippen LogP contribution in [0.25, 0.3) is 0 Å². The molecule has 1 unspecified atom stereocenters. The van der Waals surface area contributed by atoms with Crippen LogP contribution in [0, 0.1) is 0 Å². The van der Waals surface area contributed by atoms with Gasteiger partial charge in [0.2, 0.25) is 0 Å². The van der Waals surface area contributed by atoms with Gasteiger partial charge in [0.1, 0.15) is 29.0 Å². The van der Waals surface area contributed by atoms with E-state index in [9.17, 15) is 9.59 Å². The molecule has 2 aromatic heterocycles. The van der Waals surface area contributed by atoms with Crippen LogP contribution in [0.15, 0.2) is 68.9 Å². The normalized spacial score (nSPS) is 16.0. The van der Waals surface area contributed by atoms with E-state index in [-0.39, 0.29) is 17.9 Å². The topological polar surface area (TPSA) is 111 Å². The van der Waals surface area contributed by atoms with E-state index in [4.69, 9.17) is 30.9 Å². The van der Waals surface area contributed by atoms with Crippen molar-refractivity contribution in [1.82, 2.24) is 5.01 Å². The molecule has 0 radical (unpaired) electrons. The fraction of sp³-hybridized carbons (Fsp3) is 0.150. The number of furan rings is 2. The number of carbonyl (C=O) groups excluding carboxylic acids is 2. The molecule has 1 aliphatic heterocycles. The van der Waals surface area contributed by atoms with Gasteiger partial charge >= 0.3 is 0 Å². The molecule has 0 saturated carbocycles. The second-order valence-corrected chi connectivity index (χ2v) is 6.73. The quantitative estimate of drug-likeness (QED) is 0.665. The highest BCUT2D eigenvalue weighted by molar-refractivity contribution is 6.31. The summed E-state index contributed by atoms with van der Waals surface area (Å²) in [5, 5.41) is 6.04. The Morgan fingerprint density at radius 2 is 2.00 bits per heavy atom. The Hall–Kier alpha value is -3.52. The summed E-state index contributed by atoms with van der Waals surface area (Å²) in [6.07, 6.45) is 3.51. The van der Waals surface area contributed by atoms with Crippen molar-refractivity contribution in [2.45, 2.75) is 12.5 Å². The smallest absolute Gasteiger partial charge is 0.281 e. The Bertz CT molecular complexity index is 1060. The number of hydrogen-bond donors (Lipinski definition) is 1. The fourth-order valence-electron chi connectivity index (χ4n) is 3.06. The summed E-state index contributed by atoms with van der Waals surface area (Å²) in [4.78, 5) is 24.5. The van der Waals surface area contributed by atoms with Crippen molar-refractivity contribution < 1.29 is 23.2 Å². The third-order valence-corrected chi connectivity index (χ3v) is 4.64. The SMILES string of the molecule is NC(=O)c1cc(Cl)ccc1OCC(=O)N1N=C(c2ccco2)CC1c1ccco1. The number of nitrogens with two attached hydrogens (primary N) is 1. The molecule has 9 heteroatoms. The van der Waals surface area contributed by atoms with E-state index in [0.717, 1.165) is 0 Å². The molecule has 0 spiro atoms. The zero-order valence-electron chi connectivity index (χ0n) is 15.1. The van der Waals surface area contributed by atoms with Crippen LogP contribution >= 0.6 is 11.6 Å². The molecule has 0 saturated heterocycles. The lowest BCUT2D eigenvalue weighted by Crippen LogP contribution is -2.31. The van der Waals surface area contributed by atoms with Gasteiger partial charge in [0, 0.05) is 11.4 Å². The fourth-order valence-corrected chi connectivity index (χ4v) is 3.23. The minimum absolute atomic E-state index is 0.0917. The van der Waals surface area contributed by atoms with Gasteiger partial charge < -0.3 is 19.3 Å². The van der Waals surface area contributed by atoms with E-state index in [1.54, 1.807) is 36.6 Å². The predicted octanol–water partition coefficient (Wildman–Crippen LogP) is 3.38. The van der Waals surface area contributed by atoms with E-state index in [1.807, 2.05) is 0 Å². The number of benzene rings is 1. The van der Waals surface area contributed by atoms with Crippen LogP contribution in [0.3, 0.4) is 0 Å². The third-order valence-electron chi connectivity index (χ3n) is 4.40. The zero-order chi connectivity index (χ0) is 20.4. The highest BCUT2D eigenvalue weighted by atomic mass is 35.5. The van der Waals surface area contributed by atoms with Gasteiger partial charge in [-0.2, -0.15) is 5.10 Å². The molecule has 3 heterocycles. The minimum Gasteiger partial charge on any atom is -0.483 e. The molecule has 0 fully saturated rings. The Morgan fingerprint density at radius 3 is 2.69 bits per heavy atom. The minimum atomic E-state index is -0.706. The first kappa shape index (κ1) is 18.8. The van der Waals surface area contributed by atoms with Crippen LogP contribution in [-0.4, -0.2) is 29.1 Å². The van der Waals surface area contributed by atoms with Gasteiger partial charge in [-0.1, -0.05) is 11.6 Å². The van der Waals surface area contributed by atoms with Crippen molar-refractivity contribution >= 4 is 29.1 Å². The van der Waals surface area contributed by atoms with E-state index >= 15 is 0 Å². The molecule has 0 bridgehead atoms. The lowest BCUT2D eigenvalue weighted by Gasteiger charge is -2.20. The maximum Gasteiger partial charge on any atom is 0.281 e. The van der Waals surface area contributed by atoms with Gasteiger partial charge in [-0.25, -0.2) is 5.01 Å². The summed E-state index contributed by atoms with van der Waals surface area (Å²) in [5.74, 6) is 0.208. The van der Waals surface area contributed by atoms with E-state index < -0.39 is 17.9 Å².